The van der Waals surface area contributed by atoms with Gasteiger partial charge in [0.05, 0.1) is 16.6 Å². The van der Waals surface area contributed by atoms with Crippen LogP contribution in [0.3, 0.4) is 0 Å². The van der Waals surface area contributed by atoms with Gasteiger partial charge in [0, 0.05) is 6.54 Å². The first-order chi connectivity index (χ1) is 9.65. The zero-order valence-corrected chi connectivity index (χ0v) is 11.1. The molecular weight excluding hydrogens is 252 g/mol. The lowest BCUT2D eigenvalue weighted by atomic mass is 10.1. The number of carbonyl (C=O) groups is 1. The van der Waals surface area contributed by atoms with Crippen LogP contribution in [0.25, 0.3) is 11.0 Å². The van der Waals surface area contributed by atoms with Gasteiger partial charge >= 0.3 is 5.97 Å². The lowest BCUT2D eigenvalue weighted by molar-refractivity contribution is 0.0697. The van der Waals surface area contributed by atoms with Gasteiger partial charge in [-0.05, 0) is 36.8 Å². The predicted octanol–water partition coefficient (Wildman–Crippen LogP) is 3.09. The number of rotatable bonds is 3. The molecule has 1 aromatic heterocycles. The van der Waals surface area contributed by atoms with Crippen molar-refractivity contribution >= 4 is 17.0 Å². The number of para-hydroxylation sites is 2. The van der Waals surface area contributed by atoms with E-state index in [1.54, 1.807) is 12.1 Å². The Bertz CT molecular complexity index is 773. The molecule has 3 rings (SSSR count). The number of imidazole rings is 1. The molecule has 20 heavy (non-hydrogen) atoms. The maximum atomic E-state index is 10.8. The van der Waals surface area contributed by atoms with E-state index in [0.29, 0.717) is 12.1 Å². The highest BCUT2D eigenvalue weighted by molar-refractivity contribution is 5.87. The zero-order valence-electron chi connectivity index (χ0n) is 11.1. The number of hydrogen-bond acceptors (Lipinski definition) is 2. The van der Waals surface area contributed by atoms with Crippen molar-refractivity contribution in [2.24, 2.45) is 0 Å². The number of nitrogens with zero attached hydrogens (tertiary/aromatic N) is 2. The number of carboxylic acids is 1. The lowest BCUT2D eigenvalue weighted by Crippen LogP contribution is -2.03. The van der Waals surface area contributed by atoms with Gasteiger partial charge in [-0.3, -0.25) is 0 Å². The van der Waals surface area contributed by atoms with E-state index in [0.717, 1.165) is 22.4 Å². The molecule has 1 heterocycles. The summed E-state index contributed by atoms with van der Waals surface area (Å²) in [5.41, 5.74) is 3.43. The Balaban J connectivity index is 1.96. The highest BCUT2D eigenvalue weighted by Crippen LogP contribution is 2.17. The molecule has 0 spiro atoms. The van der Waals surface area contributed by atoms with E-state index in [-0.39, 0.29) is 0 Å². The van der Waals surface area contributed by atoms with E-state index in [4.69, 9.17) is 5.11 Å². The topological polar surface area (TPSA) is 55.1 Å². The van der Waals surface area contributed by atoms with Gasteiger partial charge in [0.1, 0.15) is 5.82 Å². The van der Waals surface area contributed by atoms with Gasteiger partial charge in [0.2, 0.25) is 0 Å². The molecule has 0 amide bonds. The molecule has 100 valence electrons. The molecule has 0 radical (unpaired) electrons. The van der Waals surface area contributed by atoms with Gasteiger partial charge in [0.15, 0.2) is 0 Å². The predicted molar refractivity (Wildman–Crippen MR) is 77.0 cm³/mol. The van der Waals surface area contributed by atoms with E-state index < -0.39 is 5.97 Å². The summed E-state index contributed by atoms with van der Waals surface area (Å²) in [4.78, 5) is 15.4. The molecule has 1 N–H and O–H groups in total. The molecule has 0 atom stereocenters. The van der Waals surface area contributed by atoms with E-state index in [9.17, 15) is 4.79 Å². The minimum absolute atomic E-state index is 0.306. The summed E-state index contributed by atoms with van der Waals surface area (Å²) in [6, 6.07) is 15.0. The SMILES string of the molecule is Cc1nc2ccccc2n1Cc1ccc(C(=O)O)cc1. The summed E-state index contributed by atoms with van der Waals surface area (Å²) in [7, 11) is 0. The lowest BCUT2D eigenvalue weighted by Gasteiger charge is -2.07. The standard InChI is InChI=1S/C16H14N2O2/c1-11-17-14-4-2-3-5-15(14)18(11)10-12-6-8-13(9-7-12)16(19)20/h2-9H,10H2,1H3,(H,19,20). The van der Waals surface area contributed by atoms with Crippen LogP contribution in [0, 0.1) is 6.92 Å². The molecule has 0 saturated heterocycles. The molecule has 4 nitrogen and oxygen atoms in total. The number of carboxylic acid groups (broad SMARTS) is 1. The Kier molecular flexibility index (Phi) is 2.99. The fourth-order valence-electron chi connectivity index (χ4n) is 2.33. The average Bonchev–Trinajstić information content (AvgIpc) is 2.76. The average molecular weight is 266 g/mol. The smallest absolute Gasteiger partial charge is 0.335 e. The Labute approximate surface area is 116 Å². The second-order valence-corrected chi connectivity index (χ2v) is 4.74. The number of hydrogen-bond donors (Lipinski definition) is 1. The number of fused-ring (bicyclic) bond motifs is 1. The van der Waals surface area contributed by atoms with E-state index in [1.165, 1.54) is 0 Å². The molecule has 0 saturated carbocycles. The normalized spacial score (nSPS) is 10.8. The van der Waals surface area contributed by atoms with Crippen LogP contribution in [0.5, 0.6) is 0 Å². The van der Waals surface area contributed by atoms with E-state index in [2.05, 4.69) is 9.55 Å². The first kappa shape index (κ1) is 12.4. The molecule has 4 heteroatoms. The van der Waals surface area contributed by atoms with Crippen LogP contribution in [0.1, 0.15) is 21.7 Å². The van der Waals surface area contributed by atoms with Crippen molar-refractivity contribution in [1.82, 2.24) is 9.55 Å². The van der Waals surface area contributed by atoms with Crippen molar-refractivity contribution in [3.63, 3.8) is 0 Å². The number of aromatic carboxylic acids is 1. The van der Waals surface area contributed by atoms with Crippen molar-refractivity contribution in [3.05, 3.63) is 65.5 Å². The number of aryl methyl sites for hydroxylation is 1. The Hall–Kier alpha value is -2.62. The number of benzene rings is 2. The van der Waals surface area contributed by atoms with Crippen LogP contribution in [0.2, 0.25) is 0 Å². The second-order valence-electron chi connectivity index (χ2n) is 4.74. The van der Waals surface area contributed by atoms with Gasteiger partial charge in [-0.1, -0.05) is 24.3 Å². The molecule has 0 unspecified atom stereocenters. The largest absolute Gasteiger partial charge is 0.478 e. The summed E-state index contributed by atoms with van der Waals surface area (Å²) in [5.74, 6) is 0.0503. The van der Waals surface area contributed by atoms with Crippen molar-refractivity contribution in [1.29, 1.82) is 0 Å². The minimum Gasteiger partial charge on any atom is -0.478 e. The van der Waals surface area contributed by atoms with Gasteiger partial charge in [-0.2, -0.15) is 0 Å². The maximum absolute atomic E-state index is 10.8. The molecule has 0 aliphatic heterocycles. The minimum atomic E-state index is -0.902. The fourth-order valence-corrected chi connectivity index (χ4v) is 2.33. The molecule has 3 aromatic rings. The summed E-state index contributed by atoms with van der Waals surface area (Å²) in [5, 5.41) is 8.90. The van der Waals surface area contributed by atoms with Crippen LogP contribution in [0.15, 0.2) is 48.5 Å². The summed E-state index contributed by atoms with van der Waals surface area (Å²) < 4.78 is 2.13. The van der Waals surface area contributed by atoms with Crippen molar-refractivity contribution < 1.29 is 9.90 Å². The summed E-state index contributed by atoms with van der Waals surface area (Å²) in [6.07, 6.45) is 0. The van der Waals surface area contributed by atoms with Crippen molar-refractivity contribution in [3.8, 4) is 0 Å². The van der Waals surface area contributed by atoms with Crippen LogP contribution >= 0.6 is 0 Å². The zero-order chi connectivity index (χ0) is 14.1. The van der Waals surface area contributed by atoms with Gasteiger partial charge < -0.3 is 9.67 Å². The molecule has 0 fully saturated rings. The summed E-state index contributed by atoms with van der Waals surface area (Å²) in [6.45, 7) is 2.66. The van der Waals surface area contributed by atoms with Crippen molar-refractivity contribution in [2.45, 2.75) is 13.5 Å². The first-order valence-electron chi connectivity index (χ1n) is 6.39. The first-order valence-corrected chi connectivity index (χ1v) is 6.39. The van der Waals surface area contributed by atoms with E-state index >= 15 is 0 Å². The second kappa shape index (κ2) is 4.81. The summed E-state index contributed by atoms with van der Waals surface area (Å²) >= 11 is 0. The Morgan fingerprint density at radius 3 is 2.55 bits per heavy atom. The number of aromatic nitrogens is 2. The molecule has 2 aromatic carbocycles. The van der Waals surface area contributed by atoms with Gasteiger partial charge in [-0.15, -0.1) is 0 Å². The van der Waals surface area contributed by atoms with Crippen molar-refractivity contribution in [2.75, 3.05) is 0 Å². The Morgan fingerprint density at radius 2 is 1.85 bits per heavy atom. The molecular formula is C16H14N2O2. The van der Waals surface area contributed by atoms with Crippen LogP contribution in [-0.2, 0) is 6.54 Å². The van der Waals surface area contributed by atoms with Crippen LogP contribution in [-0.4, -0.2) is 20.6 Å². The fraction of sp³-hybridized carbons (Fsp3) is 0.125. The highest BCUT2D eigenvalue weighted by atomic mass is 16.4. The van der Waals surface area contributed by atoms with E-state index in [1.807, 2.05) is 43.3 Å². The maximum Gasteiger partial charge on any atom is 0.335 e. The quantitative estimate of drug-likeness (QED) is 0.792. The van der Waals surface area contributed by atoms with Gasteiger partial charge in [0.25, 0.3) is 0 Å². The molecule has 0 aliphatic carbocycles. The third-order valence-electron chi connectivity index (χ3n) is 3.39. The third-order valence-corrected chi connectivity index (χ3v) is 3.39. The highest BCUT2D eigenvalue weighted by Gasteiger charge is 2.08. The monoisotopic (exact) mass is 266 g/mol. The van der Waals surface area contributed by atoms with Crippen LogP contribution < -0.4 is 0 Å². The van der Waals surface area contributed by atoms with Gasteiger partial charge in [-0.25, -0.2) is 9.78 Å². The molecule has 0 bridgehead atoms. The van der Waals surface area contributed by atoms with Crippen LogP contribution in [0.4, 0.5) is 0 Å². The molecule has 0 aliphatic rings. The third kappa shape index (κ3) is 2.16. The Morgan fingerprint density at radius 1 is 1.15 bits per heavy atom.